The second kappa shape index (κ2) is 15.5. The number of benzene rings is 1. The molecule has 1 aliphatic heterocycles. The Morgan fingerprint density at radius 3 is 1.88 bits per heavy atom. The van der Waals surface area contributed by atoms with Crippen LogP contribution in [-0.4, -0.2) is 18.6 Å². The Balaban J connectivity index is 1.64. The Morgan fingerprint density at radius 1 is 0.755 bits per heavy atom. The lowest BCUT2D eigenvalue weighted by Gasteiger charge is -2.39. The van der Waals surface area contributed by atoms with Gasteiger partial charge in [0.2, 0.25) is 0 Å². The summed E-state index contributed by atoms with van der Waals surface area (Å²) in [5.74, 6) is 3.29. The monoisotopic (exact) mass is 726 g/mol. The first kappa shape index (κ1) is 37.3. The minimum absolute atomic E-state index is 0.164. The van der Waals surface area contributed by atoms with Gasteiger partial charge in [0.05, 0.1) is 36.9 Å². The minimum atomic E-state index is -0.654. The highest BCUT2D eigenvalue weighted by Crippen LogP contribution is 2.58. The molecule has 0 saturated carbocycles. The Morgan fingerprint density at radius 2 is 1.33 bits per heavy atom. The van der Waals surface area contributed by atoms with Crippen molar-refractivity contribution in [2.24, 2.45) is 23.7 Å². The fourth-order valence-corrected chi connectivity index (χ4v) is 10.2. The number of ether oxygens (including phenoxy) is 1. The van der Waals surface area contributed by atoms with Crippen molar-refractivity contribution in [3.8, 4) is 25.9 Å². The van der Waals surface area contributed by atoms with Crippen molar-refractivity contribution in [1.29, 1.82) is 0 Å². The lowest BCUT2D eigenvalue weighted by atomic mass is 9.78. The van der Waals surface area contributed by atoms with Crippen molar-refractivity contribution < 1.29 is 14.6 Å². The van der Waals surface area contributed by atoms with E-state index < -0.39 is 26.8 Å². The number of fused-ring (bicyclic) bond motifs is 4. The molecule has 0 amide bonds. The van der Waals surface area contributed by atoms with Gasteiger partial charge in [0.15, 0.2) is 0 Å². The van der Waals surface area contributed by atoms with Crippen LogP contribution in [0.5, 0.6) is 5.75 Å². The van der Waals surface area contributed by atoms with Gasteiger partial charge < -0.3 is 4.74 Å². The number of aromatic nitrogens is 2. The molecule has 4 heterocycles. The molecule has 3 aromatic heterocycles. The summed E-state index contributed by atoms with van der Waals surface area (Å²) in [5.41, 5.74) is 0.401. The number of nitro groups is 2. The average Bonchev–Trinajstić information content (AvgIpc) is 3.77. The van der Waals surface area contributed by atoms with Crippen molar-refractivity contribution in [3.05, 3.63) is 48.4 Å². The lowest BCUT2D eigenvalue weighted by molar-refractivity contribution is -0.422. The quantitative estimate of drug-likeness (QED) is 0.0784. The third-order valence-electron chi connectivity index (χ3n) is 10.1. The van der Waals surface area contributed by atoms with E-state index in [1.807, 2.05) is 6.07 Å². The fraction of sp³-hybridized carbons (Fsp3) is 0.622. The van der Waals surface area contributed by atoms with Crippen LogP contribution in [0, 0.1) is 57.7 Å². The number of rotatable bonds is 17. The number of hydrogen-bond donors (Lipinski definition) is 0. The maximum Gasteiger partial charge on any atom is 0.357 e. The summed E-state index contributed by atoms with van der Waals surface area (Å²) in [6.07, 6.45) is 10.8. The Bertz CT molecular complexity index is 1780. The molecule has 49 heavy (non-hydrogen) atoms. The van der Waals surface area contributed by atoms with Gasteiger partial charge in [-0.05, 0) is 75.3 Å². The first-order chi connectivity index (χ1) is 23.2. The van der Waals surface area contributed by atoms with Crippen LogP contribution in [0.2, 0.25) is 0 Å². The normalized spacial score (nSPS) is 16.9. The third-order valence-corrected chi connectivity index (χ3v) is 13.0. The number of nitrogens with zero attached hydrogens (tertiary/aromatic N) is 4. The number of thiophene rings is 2. The van der Waals surface area contributed by atoms with E-state index in [1.54, 1.807) is 11.3 Å². The van der Waals surface area contributed by atoms with Crippen LogP contribution in [0.1, 0.15) is 122 Å². The molecule has 4 aromatic rings. The number of aryl methyl sites for hydroxylation is 2. The van der Waals surface area contributed by atoms with Gasteiger partial charge in [0.1, 0.15) is 27.9 Å². The standard InChI is InChI=1S/C37H50N4O5S3/c1-21(2)11-9-13-23(5)15-17-37(18-16-24(6)14-10-12-22(3)4)27-20-29(48-35(27)36-28(46-37)19-25(7)47-36)30-32-31(38-49-39-32)26(8)33(40(42)43)34(30)41(44)45/h19-24H,9-18H2,1-8H3. The molecule has 1 aromatic carbocycles. The van der Waals surface area contributed by atoms with E-state index in [4.69, 9.17) is 4.74 Å². The van der Waals surface area contributed by atoms with Gasteiger partial charge in [0.25, 0.3) is 0 Å². The molecule has 5 rings (SSSR count). The molecule has 2 unspecified atom stereocenters. The topological polar surface area (TPSA) is 121 Å². The molecule has 2 atom stereocenters. The van der Waals surface area contributed by atoms with Crippen LogP contribution in [0.3, 0.4) is 0 Å². The van der Waals surface area contributed by atoms with E-state index >= 15 is 0 Å². The van der Waals surface area contributed by atoms with E-state index in [1.165, 1.54) is 56.8 Å². The van der Waals surface area contributed by atoms with Crippen LogP contribution >= 0.6 is 34.4 Å². The molecule has 0 saturated heterocycles. The van der Waals surface area contributed by atoms with E-state index in [9.17, 15) is 20.2 Å². The molecule has 0 bridgehead atoms. The molecule has 0 fully saturated rings. The van der Waals surface area contributed by atoms with Gasteiger partial charge in [-0.2, -0.15) is 8.75 Å². The molecule has 266 valence electrons. The number of nitro benzene ring substituents is 2. The summed E-state index contributed by atoms with van der Waals surface area (Å²) in [6, 6.07) is 4.15. The second-order valence-corrected chi connectivity index (χ2v) is 17.9. The van der Waals surface area contributed by atoms with E-state index in [0.29, 0.717) is 39.6 Å². The van der Waals surface area contributed by atoms with Gasteiger partial charge in [-0.1, -0.05) is 80.1 Å². The molecular formula is C37H50N4O5S3. The second-order valence-electron chi connectivity index (χ2n) is 15.1. The van der Waals surface area contributed by atoms with Gasteiger partial charge in [-0.3, -0.25) is 20.2 Å². The molecule has 1 aliphatic rings. The zero-order chi connectivity index (χ0) is 35.6. The molecule has 0 radical (unpaired) electrons. The van der Waals surface area contributed by atoms with Crippen LogP contribution < -0.4 is 4.74 Å². The van der Waals surface area contributed by atoms with Crippen LogP contribution in [0.25, 0.3) is 31.2 Å². The molecular weight excluding hydrogens is 677 g/mol. The summed E-state index contributed by atoms with van der Waals surface area (Å²) in [5, 5.41) is 25.0. The minimum Gasteiger partial charge on any atom is -0.481 e. The van der Waals surface area contributed by atoms with Gasteiger partial charge in [-0.25, -0.2) is 0 Å². The third kappa shape index (κ3) is 8.01. The van der Waals surface area contributed by atoms with Gasteiger partial charge in [0, 0.05) is 15.3 Å². The fourth-order valence-electron chi connectivity index (χ4n) is 7.26. The highest BCUT2D eigenvalue weighted by atomic mass is 32.1. The van der Waals surface area contributed by atoms with E-state index in [-0.39, 0.29) is 11.1 Å². The molecule has 0 N–H and O–H groups in total. The maximum atomic E-state index is 12.7. The largest absolute Gasteiger partial charge is 0.481 e. The van der Waals surface area contributed by atoms with Gasteiger partial charge >= 0.3 is 11.4 Å². The van der Waals surface area contributed by atoms with Crippen molar-refractivity contribution in [2.75, 3.05) is 0 Å². The summed E-state index contributed by atoms with van der Waals surface area (Å²) < 4.78 is 16.0. The van der Waals surface area contributed by atoms with E-state index in [0.717, 1.165) is 63.4 Å². The Kier molecular flexibility index (Phi) is 11.8. The average molecular weight is 727 g/mol. The summed E-state index contributed by atoms with van der Waals surface area (Å²) in [6.45, 7) is 17.4. The molecule has 0 aliphatic carbocycles. The SMILES string of the molecule is Cc1cc2c(s1)-c1sc(-c3c([N+](=O)[O-])c([N+](=O)[O-])c(C)c4nsnc34)cc1C(CCC(C)CCCC(C)C)(CCC(C)CCCC(C)C)O2. The van der Waals surface area contributed by atoms with Crippen LogP contribution in [0.4, 0.5) is 11.4 Å². The maximum absolute atomic E-state index is 12.7. The molecule has 9 nitrogen and oxygen atoms in total. The smallest absolute Gasteiger partial charge is 0.357 e. The van der Waals surface area contributed by atoms with Crippen molar-refractivity contribution in [3.63, 3.8) is 0 Å². The Hall–Kier alpha value is -2.96. The van der Waals surface area contributed by atoms with Crippen molar-refractivity contribution in [2.45, 2.75) is 125 Å². The number of hydrogen-bond acceptors (Lipinski definition) is 10. The highest BCUT2D eigenvalue weighted by molar-refractivity contribution is 7.24. The van der Waals surface area contributed by atoms with Crippen molar-refractivity contribution >= 4 is 56.8 Å². The summed E-state index contributed by atoms with van der Waals surface area (Å²) in [4.78, 5) is 27.5. The van der Waals surface area contributed by atoms with Crippen LogP contribution in [0.15, 0.2) is 12.1 Å². The summed E-state index contributed by atoms with van der Waals surface area (Å²) in [7, 11) is 0. The zero-order valence-electron chi connectivity index (χ0n) is 30.1. The predicted molar refractivity (Wildman–Crippen MR) is 203 cm³/mol. The lowest BCUT2D eigenvalue weighted by Crippen LogP contribution is -2.36. The Labute approximate surface area is 302 Å². The first-order valence-corrected chi connectivity index (χ1v) is 20.1. The van der Waals surface area contributed by atoms with Gasteiger partial charge in [-0.15, -0.1) is 22.7 Å². The van der Waals surface area contributed by atoms with Crippen LogP contribution in [-0.2, 0) is 5.60 Å². The zero-order valence-corrected chi connectivity index (χ0v) is 32.5. The first-order valence-electron chi connectivity index (χ1n) is 17.7. The predicted octanol–water partition coefficient (Wildman–Crippen LogP) is 12.7. The summed E-state index contributed by atoms with van der Waals surface area (Å²) >= 11 is 4.05. The highest BCUT2D eigenvalue weighted by Gasteiger charge is 2.45. The molecule has 0 spiro atoms. The van der Waals surface area contributed by atoms with E-state index in [2.05, 4.69) is 63.3 Å². The molecule has 12 heteroatoms. The van der Waals surface area contributed by atoms with Crippen molar-refractivity contribution in [1.82, 2.24) is 8.75 Å².